The molecule has 1 aromatic carbocycles. The second kappa shape index (κ2) is 5.59. The first-order valence-electron chi connectivity index (χ1n) is 6.18. The summed E-state index contributed by atoms with van der Waals surface area (Å²) in [7, 11) is -3.84. The van der Waals surface area contributed by atoms with Gasteiger partial charge in [0.25, 0.3) is 0 Å². The Morgan fingerprint density at radius 2 is 1.95 bits per heavy atom. The van der Waals surface area contributed by atoms with Crippen molar-refractivity contribution in [2.24, 2.45) is 10.9 Å². The van der Waals surface area contributed by atoms with Gasteiger partial charge in [-0.05, 0) is 25.0 Å². The van der Waals surface area contributed by atoms with Gasteiger partial charge < -0.3 is 10.9 Å². The Morgan fingerprint density at radius 3 is 2.50 bits per heavy atom. The van der Waals surface area contributed by atoms with Gasteiger partial charge in [0.2, 0.25) is 10.0 Å². The van der Waals surface area contributed by atoms with E-state index in [2.05, 4.69) is 9.88 Å². The molecule has 4 N–H and O–H groups in total. The zero-order valence-corrected chi connectivity index (χ0v) is 12.3. The molecule has 1 aliphatic carbocycles. The van der Waals surface area contributed by atoms with E-state index in [1.165, 1.54) is 12.1 Å². The minimum Gasteiger partial charge on any atom is -0.409 e. The summed E-state index contributed by atoms with van der Waals surface area (Å²) in [6, 6.07) is 6.15. The van der Waals surface area contributed by atoms with Gasteiger partial charge in [0.15, 0.2) is 5.84 Å². The lowest BCUT2D eigenvalue weighted by molar-refractivity contribution is 0.310. The van der Waals surface area contributed by atoms with Gasteiger partial charge in [-0.25, -0.2) is 8.42 Å². The molecule has 0 unspecified atom stereocenters. The second-order valence-electron chi connectivity index (χ2n) is 4.81. The van der Waals surface area contributed by atoms with E-state index in [1.54, 1.807) is 12.1 Å². The number of amidine groups is 1. The third kappa shape index (κ3) is 2.74. The summed E-state index contributed by atoms with van der Waals surface area (Å²) in [5.41, 5.74) is 4.64. The maximum absolute atomic E-state index is 12.4. The van der Waals surface area contributed by atoms with Crippen LogP contribution >= 0.6 is 11.6 Å². The van der Waals surface area contributed by atoms with E-state index in [4.69, 9.17) is 22.5 Å². The molecule has 0 aliphatic heterocycles. The average molecular weight is 318 g/mol. The third-order valence-electron chi connectivity index (χ3n) is 3.51. The monoisotopic (exact) mass is 317 g/mol. The lowest BCUT2D eigenvalue weighted by atomic mass is 9.98. The molecule has 1 aromatic rings. The highest BCUT2D eigenvalue weighted by Crippen LogP contribution is 2.32. The number of rotatable bonds is 4. The molecule has 8 heteroatoms. The molecule has 0 saturated heterocycles. The topological polar surface area (TPSA) is 105 Å². The molecule has 1 aliphatic rings. The van der Waals surface area contributed by atoms with Crippen molar-refractivity contribution >= 4 is 27.5 Å². The predicted octanol–water partition coefficient (Wildman–Crippen LogP) is 1.68. The van der Waals surface area contributed by atoms with Crippen LogP contribution in [0.3, 0.4) is 0 Å². The van der Waals surface area contributed by atoms with E-state index >= 15 is 0 Å². The fraction of sp³-hybridized carbons (Fsp3) is 0.417. The van der Waals surface area contributed by atoms with E-state index in [0.717, 1.165) is 12.8 Å². The molecule has 1 saturated carbocycles. The molecule has 0 radical (unpaired) electrons. The Balaban J connectivity index is 2.39. The molecular weight excluding hydrogens is 302 g/mol. The standard InChI is InChI=1S/C12H16ClN3O3S/c13-9-5-1-2-6-10(9)20(18,19)16-12(11(14)15-17)7-3-4-8-12/h1-2,5-6,16-17H,3-4,7-8H2,(H2,14,15). The molecule has 110 valence electrons. The molecular formula is C12H16ClN3O3S. The molecule has 0 spiro atoms. The van der Waals surface area contributed by atoms with Crippen molar-refractivity contribution in [2.45, 2.75) is 36.1 Å². The third-order valence-corrected chi connectivity index (χ3v) is 5.55. The first-order valence-corrected chi connectivity index (χ1v) is 8.04. The van der Waals surface area contributed by atoms with Crippen LogP contribution in [0.5, 0.6) is 0 Å². The summed E-state index contributed by atoms with van der Waals surface area (Å²) in [5.74, 6) is -0.120. The zero-order valence-electron chi connectivity index (χ0n) is 10.7. The van der Waals surface area contributed by atoms with Crippen molar-refractivity contribution in [1.29, 1.82) is 0 Å². The zero-order chi connectivity index (χ0) is 14.8. The van der Waals surface area contributed by atoms with Crippen molar-refractivity contribution in [2.75, 3.05) is 0 Å². The predicted molar refractivity (Wildman–Crippen MR) is 76.4 cm³/mol. The SMILES string of the molecule is N/C(=N/O)C1(NS(=O)(=O)c2ccccc2Cl)CCCC1. The highest BCUT2D eigenvalue weighted by molar-refractivity contribution is 7.89. The fourth-order valence-electron chi connectivity index (χ4n) is 2.46. The average Bonchev–Trinajstić information content (AvgIpc) is 2.87. The van der Waals surface area contributed by atoms with Crippen molar-refractivity contribution in [1.82, 2.24) is 4.72 Å². The van der Waals surface area contributed by atoms with Crippen molar-refractivity contribution < 1.29 is 13.6 Å². The normalized spacial score (nSPS) is 19.1. The number of nitrogens with zero attached hydrogens (tertiary/aromatic N) is 1. The number of benzene rings is 1. The van der Waals surface area contributed by atoms with Crippen LogP contribution < -0.4 is 10.5 Å². The summed E-state index contributed by atoms with van der Waals surface area (Å²) in [6.07, 6.45) is 2.60. The Labute approximate surface area is 122 Å². The van der Waals surface area contributed by atoms with Gasteiger partial charge in [-0.3, -0.25) is 0 Å². The van der Waals surface area contributed by atoms with Gasteiger partial charge in [0.05, 0.1) is 10.6 Å². The van der Waals surface area contributed by atoms with E-state index in [-0.39, 0.29) is 15.8 Å². The summed E-state index contributed by atoms with van der Waals surface area (Å²) >= 11 is 5.92. The number of oxime groups is 1. The van der Waals surface area contributed by atoms with Gasteiger partial charge in [-0.15, -0.1) is 0 Å². The van der Waals surface area contributed by atoms with Crippen LogP contribution in [0.2, 0.25) is 5.02 Å². The molecule has 0 heterocycles. The summed E-state index contributed by atoms with van der Waals surface area (Å²) in [4.78, 5) is -0.0151. The Hall–Kier alpha value is -1.31. The molecule has 0 aromatic heterocycles. The highest BCUT2D eigenvalue weighted by atomic mass is 35.5. The highest BCUT2D eigenvalue weighted by Gasteiger charge is 2.42. The molecule has 0 bridgehead atoms. The van der Waals surface area contributed by atoms with Crippen LogP contribution in [-0.4, -0.2) is 25.0 Å². The number of hydrogen-bond acceptors (Lipinski definition) is 4. The maximum Gasteiger partial charge on any atom is 0.242 e. The number of sulfonamides is 1. The molecule has 0 amide bonds. The van der Waals surface area contributed by atoms with Crippen LogP contribution in [0.4, 0.5) is 0 Å². The molecule has 0 atom stereocenters. The second-order valence-corrected chi connectivity index (χ2v) is 6.87. The van der Waals surface area contributed by atoms with Gasteiger partial charge in [0, 0.05) is 0 Å². The maximum atomic E-state index is 12.4. The Bertz CT molecular complexity index is 625. The minimum atomic E-state index is -3.84. The van der Waals surface area contributed by atoms with Crippen LogP contribution in [-0.2, 0) is 10.0 Å². The first kappa shape index (κ1) is 15.1. The fourth-order valence-corrected chi connectivity index (χ4v) is 4.42. The summed E-state index contributed by atoms with van der Waals surface area (Å²) in [6.45, 7) is 0. The lowest BCUT2D eigenvalue weighted by Gasteiger charge is -2.28. The molecule has 6 nitrogen and oxygen atoms in total. The van der Waals surface area contributed by atoms with E-state index in [9.17, 15) is 8.42 Å². The Kier molecular flexibility index (Phi) is 4.22. The van der Waals surface area contributed by atoms with E-state index in [1.807, 2.05) is 0 Å². The summed E-state index contributed by atoms with van der Waals surface area (Å²) in [5, 5.41) is 12.0. The van der Waals surface area contributed by atoms with Crippen LogP contribution in [0.1, 0.15) is 25.7 Å². The molecule has 1 fully saturated rings. The number of halogens is 1. The van der Waals surface area contributed by atoms with E-state index in [0.29, 0.717) is 12.8 Å². The quantitative estimate of drug-likeness (QED) is 0.340. The van der Waals surface area contributed by atoms with Crippen molar-refractivity contribution in [3.05, 3.63) is 29.3 Å². The Morgan fingerprint density at radius 1 is 1.35 bits per heavy atom. The number of nitrogens with two attached hydrogens (primary N) is 1. The molecule has 20 heavy (non-hydrogen) atoms. The van der Waals surface area contributed by atoms with Crippen LogP contribution in [0.25, 0.3) is 0 Å². The van der Waals surface area contributed by atoms with Crippen LogP contribution in [0.15, 0.2) is 34.3 Å². The number of hydrogen-bond donors (Lipinski definition) is 3. The van der Waals surface area contributed by atoms with Crippen molar-refractivity contribution in [3.63, 3.8) is 0 Å². The summed E-state index contributed by atoms with van der Waals surface area (Å²) < 4.78 is 27.4. The van der Waals surface area contributed by atoms with Gasteiger partial charge in [-0.2, -0.15) is 4.72 Å². The van der Waals surface area contributed by atoms with Gasteiger partial charge in [0.1, 0.15) is 4.90 Å². The molecule has 2 rings (SSSR count). The van der Waals surface area contributed by atoms with Crippen LogP contribution in [0, 0.1) is 0 Å². The largest absolute Gasteiger partial charge is 0.409 e. The van der Waals surface area contributed by atoms with Gasteiger partial charge >= 0.3 is 0 Å². The van der Waals surface area contributed by atoms with Gasteiger partial charge in [-0.1, -0.05) is 41.7 Å². The first-order chi connectivity index (χ1) is 9.41. The number of nitrogens with one attached hydrogen (secondary N) is 1. The smallest absolute Gasteiger partial charge is 0.242 e. The van der Waals surface area contributed by atoms with Crippen molar-refractivity contribution in [3.8, 4) is 0 Å². The van der Waals surface area contributed by atoms with E-state index < -0.39 is 15.6 Å². The minimum absolute atomic E-state index is 0.0151. The lowest BCUT2D eigenvalue weighted by Crippen LogP contribution is -2.55.